The first-order chi connectivity index (χ1) is 8.61. The van der Waals surface area contributed by atoms with Crippen LogP contribution in [0.5, 0.6) is 0 Å². The van der Waals surface area contributed by atoms with Crippen LogP contribution in [0.15, 0.2) is 18.3 Å². The molecule has 0 bridgehead atoms. The number of carboxylic acids is 1. The number of aliphatic carboxylic acids is 1. The highest BCUT2D eigenvalue weighted by atomic mass is 16.4. The van der Waals surface area contributed by atoms with Gasteiger partial charge in [0.15, 0.2) is 0 Å². The molecule has 3 N–H and O–H groups in total. The molecule has 0 atom stereocenters. The molecular formula is C12H17N3O3. The Morgan fingerprint density at radius 1 is 1.33 bits per heavy atom. The lowest BCUT2D eigenvalue weighted by atomic mass is 10.3. The Hall–Kier alpha value is -2.11. The van der Waals surface area contributed by atoms with Crippen LogP contribution in [0.4, 0.5) is 11.5 Å². The number of nitrogens with one attached hydrogen (secondary N) is 2. The second-order valence-electron chi connectivity index (χ2n) is 3.80. The van der Waals surface area contributed by atoms with E-state index in [1.807, 2.05) is 0 Å². The molecule has 1 rings (SSSR count). The Labute approximate surface area is 105 Å². The molecule has 1 heterocycles. The van der Waals surface area contributed by atoms with E-state index in [1.54, 1.807) is 12.1 Å². The van der Waals surface area contributed by atoms with Gasteiger partial charge in [-0.1, -0.05) is 6.92 Å². The molecule has 0 aromatic carbocycles. The zero-order chi connectivity index (χ0) is 13.4. The van der Waals surface area contributed by atoms with E-state index in [0.29, 0.717) is 5.69 Å². The molecule has 98 valence electrons. The number of nitrogens with zero attached hydrogens (tertiary/aromatic N) is 1. The average molecular weight is 251 g/mol. The molecule has 0 spiro atoms. The number of hydrogen-bond acceptors (Lipinski definition) is 4. The van der Waals surface area contributed by atoms with Crippen LogP contribution < -0.4 is 10.6 Å². The van der Waals surface area contributed by atoms with Crippen LogP contribution in [0.2, 0.25) is 0 Å². The maximum absolute atomic E-state index is 11.4. The van der Waals surface area contributed by atoms with Crippen molar-refractivity contribution in [2.45, 2.75) is 26.2 Å². The molecule has 0 unspecified atom stereocenters. The second-order valence-corrected chi connectivity index (χ2v) is 3.80. The molecule has 1 aromatic rings. The normalized spacial score (nSPS) is 9.83. The minimum atomic E-state index is -0.984. The van der Waals surface area contributed by atoms with Crippen LogP contribution in [0.3, 0.4) is 0 Å². The van der Waals surface area contributed by atoms with Gasteiger partial charge >= 0.3 is 5.97 Å². The number of carbonyl (C=O) groups is 2. The van der Waals surface area contributed by atoms with Crippen LogP contribution in [0, 0.1) is 0 Å². The first-order valence-corrected chi connectivity index (χ1v) is 5.83. The van der Waals surface area contributed by atoms with Gasteiger partial charge in [0.05, 0.1) is 18.3 Å². The van der Waals surface area contributed by atoms with Crippen molar-refractivity contribution < 1.29 is 14.7 Å². The van der Waals surface area contributed by atoms with Gasteiger partial charge < -0.3 is 15.7 Å². The van der Waals surface area contributed by atoms with Crippen LogP contribution in [0.1, 0.15) is 26.2 Å². The van der Waals surface area contributed by atoms with Gasteiger partial charge in [-0.25, -0.2) is 4.98 Å². The summed E-state index contributed by atoms with van der Waals surface area (Å²) >= 11 is 0. The Morgan fingerprint density at radius 2 is 2.11 bits per heavy atom. The number of pyridine rings is 1. The van der Waals surface area contributed by atoms with Crippen LogP contribution in [0.25, 0.3) is 0 Å². The van der Waals surface area contributed by atoms with E-state index in [-0.39, 0.29) is 18.7 Å². The fourth-order valence-corrected chi connectivity index (χ4v) is 1.27. The Kier molecular flexibility index (Phi) is 5.63. The van der Waals surface area contributed by atoms with Crippen molar-refractivity contribution in [3.63, 3.8) is 0 Å². The standard InChI is InChI=1S/C12H17N3O3/c1-2-7-13-10-4-3-9(8-14-10)15-11(16)5-6-12(17)18/h3-4,8H,2,5-7H2,1H3,(H,13,14)(H,15,16)(H,17,18). The van der Waals surface area contributed by atoms with Gasteiger partial charge in [0.2, 0.25) is 5.91 Å². The maximum Gasteiger partial charge on any atom is 0.303 e. The van der Waals surface area contributed by atoms with Crippen LogP contribution >= 0.6 is 0 Å². The van der Waals surface area contributed by atoms with E-state index >= 15 is 0 Å². The van der Waals surface area contributed by atoms with Crippen molar-refractivity contribution in [3.05, 3.63) is 18.3 Å². The summed E-state index contributed by atoms with van der Waals surface area (Å²) in [6, 6.07) is 3.49. The summed E-state index contributed by atoms with van der Waals surface area (Å²) in [5.74, 6) is -0.559. The number of amides is 1. The first kappa shape index (κ1) is 14.0. The minimum Gasteiger partial charge on any atom is -0.481 e. The average Bonchev–Trinajstić information content (AvgIpc) is 2.35. The molecular weight excluding hydrogens is 234 g/mol. The Morgan fingerprint density at radius 3 is 2.67 bits per heavy atom. The first-order valence-electron chi connectivity index (χ1n) is 5.83. The molecule has 0 aliphatic rings. The monoisotopic (exact) mass is 251 g/mol. The smallest absolute Gasteiger partial charge is 0.303 e. The summed E-state index contributed by atoms with van der Waals surface area (Å²) in [6.45, 7) is 2.90. The lowest BCUT2D eigenvalue weighted by Gasteiger charge is -2.06. The van der Waals surface area contributed by atoms with Crippen molar-refractivity contribution >= 4 is 23.4 Å². The molecule has 0 fully saturated rings. The highest BCUT2D eigenvalue weighted by molar-refractivity contribution is 5.92. The van der Waals surface area contributed by atoms with Crippen molar-refractivity contribution in [2.24, 2.45) is 0 Å². The quantitative estimate of drug-likeness (QED) is 0.686. The summed E-state index contributed by atoms with van der Waals surface area (Å²) < 4.78 is 0. The number of anilines is 2. The largest absolute Gasteiger partial charge is 0.481 e. The third-order valence-electron chi connectivity index (χ3n) is 2.17. The zero-order valence-electron chi connectivity index (χ0n) is 10.3. The molecule has 1 amide bonds. The van der Waals surface area contributed by atoms with E-state index < -0.39 is 5.97 Å². The molecule has 0 saturated heterocycles. The summed E-state index contributed by atoms with van der Waals surface area (Å²) in [4.78, 5) is 25.8. The van der Waals surface area contributed by atoms with E-state index in [0.717, 1.165) is 18.8 Å². The number of hydrogen-bond donors (Lipinski definition) is 3. The van der Waals surface area contributed by atoms with Gasteiger partial charge in [-0.2, -0.15) is 0 Å². The third kappa shape index (κ3) is 5.29. The molecule has 0 aliphatic heterocycles. The lowest BCUT2D eigenvalue weighted by Crippen LogP contribution is -2.13. The van der Waals surface area contributed by atoms with Crippen LogP contribution in [-0.2, 0) is 9.59 Å². The number of carbonyl (C=O) groups excluding carboxylic acids is 1. The van der Waals surface area contributed by atoms with Gasteiger partial charge in [0.1, 0.15) is 5.82 Å². The fraction of sp³-hybridized carbons (Fsp3) is 0.417. The van der Waals surface area contributed by atoms with E-state index in [4.69, 9.17) is 5.11 Å². The van der Waals surface area contributed by atoms with Gasteiger partial charge in [-0.15, -0.1) is 0 Å². The van der Waals surface area contributed by atoms with Gasteiger partial charge in [0.25, 0.3) is 0 Å². The van der Waals surface area contributed by atoms with Crippen molar-refractivity contribution in [1.82, 2.24) is 4.98 Å². The molecule has 0 radical (unpaired) electrons. The lowest BCUT2D eigenvalue weighted by molar-refractivity contribution is -0.138. The van der Waals surface area contributed by atoms with Crippen molar-refractivity contribution in [1.29, 1.82) is 0 Å². The number of rotatable bonds is 7. The molecule has 6 nitrogen and oxygen atoms in total. The summed E-state index contributed by atoms with van der Waals surface area (Å²) in [5.41, 5.74) is 0.562. The van der Waals surface area contributed by atoms with E-state index in [2.05, 4.69) is 22.5 Å². The van der Waals surface area contributed by atoms with Crippen LogP contribution in [-0.4, -0.2) is 28.5 Å². The number of carboxylic acid groups (broad SMARTS) is 1. The molecule has 0 saturated carbocycles. The Bertz CT molecular complexity index is 404. The zero-order valence-corrected chi connectivity index (χ0v) is 10.3. The van der Waals surface area contributed by atoms with Crippen molar-refractivity contribution in [2.75, 3.05) is 17.2 Å². The van der Waals surface area contributed by atoms with Gasteiger partial charge in [-0.3, -0.25) is 9.59 Å². The Balaban J connectivity index is 2.42. The predicted octanol–water partition coefficient (Wildman–Crippen LogP) is 1.71. The van der Waals surface area contributed by atoms with Gasteiger partial charge in [0, 0.05) is 13.0 Å². The van der Waals surface area contributed by atoms with E-state index in [9.17, 15) is 9.59 Å². The third-order valence-corrected chi connectivity index (χ3v) is 2.17. The van der Waals surface area contributed by atoms with Crippen molar-refractivity contribution in [3.8, 4) is 0 Å². The van der Waals surface area contributed by atoms with E-state index in [1.165, 1.54) is 6.20 Å². The summed E-state index contributed by atoms with van der Waals surface area (Å²) in [7, 11) is 0. The predicted molar refractivity (Wildman–Crippen MR) is 68.5 cm³/mol. The number of aromatic nitrogens is 1. The summed E-state index contributed by atoms with van der Waals surface area (Å²) in [5, 5.41) is 14.1. The second kappa shape index (κ2) is 7.26. The van der Waals surface area contributed by atoms with Gasteiger partial charge in [-0.05, 0) is 18.6 Å². The topological polar surface area (TPSA) is 91.3 Å². The summed E-state index contributed by atoms with van der Waals surface area (Å²) in [6.07, 6.45) is 2.34. The molecule has 1 aromatic heterocycles. The SMILES string of the molecule is CCCNc1ccc(NC(=O)CCC(=O)O)cn1. The minimum absolute atomic E-state index is 0.0365. The molecule has 6 heteroatoms. The highest BCUT2D eigenvalue weighted by Crippen LogP contribution is 2.10. The molecule has 0 aliphatic carbocycles. The fourth-order valence-electron chi connectivity index (χ4n) is 1.27. The highest BCUT2D eigenvalue weighted by Gasteiger charge is 2.05. The maximum atomic E-state index is 11.4. The molecule has 18 heavy (non-hydrogen) atoms.